The van der Waals surface area contributed by atoms with Gasteiger partial charge in [-0.3, -0.25) is 0 Å². The van der Waals surface area contributed by atoms with E-state index < -0.39 is 0 Å². The van der Waals surface area contributed by atoms with Gasteiger partial charge in [-0.05, 0) is 51.2 Å². The predicted molar refractivity (Wildman–Crippen MR) is 70.5 cm³/mol. The molecule has 2 unspecified atom stereocenters. The average Bonchev–Trinajstić information content (AvgIpc) is 2.74. The zero-order valence-electron chi connectivity index (χ0n) is 9.75. The molecule has 1 aliphatic rings. The molecule has 0 N–H and O–H groups in total. The average molecular weight is 259 g/mol. The molecule has 2 heterocycles. The summed E-state index contributed by atoms with van der Waals surface area (Å²) in [5.74, 6) is 0. The van der Waals surface area contributed by atoms with Crippen molar-refractivity contribution < 1.29 is 4.74 Å². The third-order valence-corrected chi connectivity index (χ3v) is 4.78. The van der Waals surface area contributed by atoms with Crippen molar-refractivity contribution in [3.8, 4) is 0 Å². The number of halogens is 1. The predicted octanol–water partition coefficient (Wildman–Crippen LogP) is 4.69. The number of alkyl halides is 1. The maximum atomic E-state index is 6.39. The highest BCUT2D eigenvalue weighted by molar-refractivity contribution is 7.12. The van der Waals surface area contributed by atoms with Crippen molar-refractivity contribution in [3.63, 3.8) is 0 Å². The summed E-state index contributed by atoms with van der Waals surface area (Å²) in [6.45, 7) is 3.07. The van der Waals surface area contributed by atoms with Crippen molar-refractivity contribution in [2.24, 2.45) is 0 Å². The summed E-state index contributed by atoms with van der Waals surface area (Å²) in [5, 5.41) is 0.171. The minimum absolute atomic E-state index is 0.171. The molecule has 0 spiro atoms. The van der Waals surface area contributed by atoms with Gasteiger partial charge >= 0.3 is 0 Å². The van der Waals surface area contributed by atoms with Crippen LogP contribution in [0.4, 0.5) is 0 Å². The lowest BCUT2D eigenvalue weighted by Crippen LogP contribution is -2.19. The number of aryl methyl sites for hydroxylation is 1. The molecule has 1 saturated heterocycles. The Kier molecular flexibility index (Phi) is 4.68. The number of hydrogen-bond donors (Lipinski definition) is 0. The van der Waals surface area contributed by atoms with Crippen LogP contribution in [0, 0.1) is 6.92 Å². The van der Waals surface area contributed by atoms with Crippen molar-refractivity contribution in [3.05, 3.63) is 21.9 Å². The van der Waals surface area contributed by atoms with Crippen molar-refractivity contribution in [2.75, 3.05) is 6.61 Å². The lowest BCUT2D eigenvalue weighted by atomic mass is 10.0. The van der Waals surface area contributed by atoms with Gasteiger partial charge in [0.1, 0.15) is 0 Å². The molecule has 0 radical (unpaired) electrons. The number of ether oxygens (including phenoxy) is 1. The molecule has 0 aliphatic carbocycles. The molecular formula is C13H19ClOS. The fraction of sp³-hybridized carbons (Fsp3) is 0.692. The maximum absolute atomic E-state index is 6.39. The Hall–Kier alpha value is -0.0500. The zero-order chi connectivity index (χ0) is 11.4. The van der Waals surface area contributed by atoms with E-state index in [0.717, 1.165) is 19.4 Å². The van der Waals surface area contributed by atoms with Crippen LogP contribution in [0.15, 0.2) is 12.1 Å². The summed E-state index contributed by atoms with van der Waals surface area (Å²) in [5.41, 5.74) is 0. The van der Waals surface area contributed by atoms with Gasteiger partial charge in [-0.15, -0.1) is 22.9 Å². The summed E-state index contributed by atoms with van der Waals surface area (Å²) in [6, 6.07) is 4.30. The standard InChI is InChI=1S/C13H19ClOS/c1-10-5-8-13(16-10)12(14)7-6-11-4-2-3-9-15-11/h5,8,11-12H,2-4,6-7,9H2,1H3. The van der Waals surface area contributed by atoms with E-state index in [4.69, 9.17) is 16.3 Å². The van der Waals surface area contributed by atoms with Gasteiger partial charge in [0.25, 0.3) is 0 Å². The van der Waals surface area contributed by atoms with Gasteiger partial charge in [-0.2, -0.15) is 0 Å². The summed E-state index contributed by atoms with van der Waals surface area (Å²) < 4.78 is 5.71. The van der Waals surface area contributed by atoms with E-state index in [2.05, 4.69) is 19.1 Å². The van der Waals surface area contributed by atoms with Crippen LogP contribution < -0.4 is 0 Å². The Morgan fingerprint density at radius 1 is 1.50 bits per heavy atom. The first kappa shape index (κ1) is 12.4. The van der Waals surface area contributed by atoms with Gasteiger partial charge in [0.2, 0.25) is 0 Å². The largest absolute Gasteiger partial charge is 0.378 e. The van der Waals surface area contributed by atoms with Gasteiger partial charge < -0.3 is 4.74 Å². The second-order valence-electron chi connectivity index (χ2n) is 4.48. The van der Waals surface area contributed by atoms with E-state index in [9.17, 15) is 0 Å². The van der Waals surface area contributed by atoms with E-state index in [-0.39, 0.29) is 5.38 Å². The Bertz CT molecular complexity index is 317. The number of rotatable bonds is 4. The van der Waals surface area contributed by atoms with Gasteiger partial charge in [-0.1, -0.05) is 0 Å². The number of hydrogen-bond acceptors (Lipinski definition) is 2. The molecule has 2 rings (SSSR count). The minimum atomic E-state index is 0.171. The van der Waals surface area contributed by atoms with Crippen LogP contribution in [0.25, 0.3) is 0 Å². The summed E-state index contributed by atoms with van der Waals surface area (Å²) in [7, 11) is 0. The molecule has 3 heteroatoms. The third kappa shape index (κ3) is 3.47. The Morgan fingerprint density at radius 2 is 2.38 bits per heavy atom. The van der Waals surface area contributed by atoms with E-state index in [1.54, 1.807) is 0 Å². The molecule has 1 nitrogen and oxygen atoms in total. The normalized spacial score (nSPS) is 23.2. The highest BCUT2D eigenvalue weighted by Gasteiger charge is 2.17. The first-order chi connectivity index (χ1) is 7.75. The molecule has 1 aromatic rings. The lowest BCUT2D eigenvalue weighted by molar-refractivity contribution is 0.0100. The smallest absolute Gasteiger partial charge is 0.0679 e. The SMILES string of the molecule is Cc1ccc(C(Cl)CCC2CCCCO2)s1. The second-order valence-corrected chi connectivity index (χ2v) is 6.33. The lowest BCUT2D eigenvalue weighted by Gasteiger charge is -2.23. The van der Waals surface area contributed by atoms with E-state index in [1.165, 1.54) is 29.0 Å². The van der Waals surface area contributed by atoms with Crippen LogP contribution in [-0.2, 0) is 4.74 Å². The molecule has 1 aliphatic heterocycles. The molecule has 1 aromatic heterocycles. The quantitative estimate of drug-likeness (QED) is 0.712. The van der Waals surface area contributed by atoms with Gasteiger partial charge in [0.05, 0.1) is 11.5 Å². The monoisotopic (exact) mass is 258 g/mol. The highest BCUT2D eigenvalue weighted by atomic mass is 35.5. The van der Waals surface area contributed by atoms with Gasteiger partial charge in [0, 0.05) is 16.4 Å². The summed E-state index contributed by atoms with van der Waals surface area (Å²) in [6.07, 6.45) is 6.35. The second kappa shape index (κ2) is 6.04. The van der Waals surface area contributed by atoms with Crippen molar-refractivity contribution in [1.82, 2.24) is 0 Å². The van der Waals surface area contributed by atoms with Crippen molar-refractivity contribution in [2.45, 2.75) is 50.5 Å². The summed E-state index contributed by atoms with van der Waals surface area (Å²) in [4.78, 5) is 2.64. The van der Waals surface area contributed by atoms with Crippen LogP contribution in [0.1, 0.15) is 47.2 Å². The van der Waals surface area contributed by atoms with Crippen LogP contribution in [0.2, 0.25) is 0 Å². The van der Waals surface area contributed by atoms with Crippen LogP contribution in [-0.4, -0.2) is 12.7 Å². The fourth-order valence-electron chi connectivity index (χ4n) is 2.13. The molecule has 0 bridgehead atoms. The maximum Gasteiger partial charge on any atom is 0.0679 e. The first-order valence-corrected chi connectivity index (χ1v) is 7.33. The Labute approximate surface area is 107 Å². The Balaban J connectivity index is 1.76. The van der Waals surface area contributed by atoms with E-state index in [0.29, 0.717) is 6.10 Å². The molecule has 2 atom stereocenters. The molecule has 0 aromatic carbocycles. The summed E-state index contributed by atoms with van der Waals surface area (Å²) >= 11 is 8.20. The molecule has 90 valence electrons. The fourth-order valence-corrected chi connectivity index (χ4v) is 3.35. The highest BCUT2D eigenvalue weighted by Crippen LogP contribution is 2.32. The third-order valence-electron chi connectivity index (χ3n) is 3.09. The zero-order valence-corrected chi connectivity index (χ0v) is 11.3. The van der Waals surface area contributed by atoms with Crippen molar-refractivity contribution >= 4 is 22.9 Å². The van der Waals surface area contributed by atoms with Crippen LogP contribution in [0.3, 0.4) is 0 Å². The van der Waals surface area contributed by atoms with Crippen LogP contribution >= 0.6 is 22.9 Å². The molecule has 0 saturated carbocycles. The topological polar surface area (TPSA) is 9.23 Å². The molecule has 16 heavy (non-hydrogen) atoms. The first-order valence-electron chi connectivity index (χ1n) is 6.07. The Morgan fingerprint density at radius 3 is 3.00 bits per heavy atom. The van der Waals surface area contributed by atoms with Crippen LogP contribution in [0.5, 0.6) is 0 Å². The van der Waals surface area contributed by atoms with Gasteiger partial charge in [-0.25, -0.2) is 0 Å². The van der Waals surface area contributed by atoms with E-state index >= 15 is 0 Å². The number of thiophene rings is 1. The molecule has 1 fully saturated rings. The van der Waals surface area contributed by atoms with Gasteiger partial charge in [0.15, 0.2) is 0 Å². The molecule has 0 amide bonds. The van der Waals surface area contributed by atoms with Crippen molar-refractivity contribution in [1.29, 1.82) is 0 Å². The minimum Gasteiger partial charge on any atom is -0.378 e. The molecular weight excluding hydrogens is 240 g/mol. The van der Waals surface area contributed by atoms with E-state index in [1.807, 2.05) is 11.3 Å².